The summed E-state index contributed by atoms with van der Waals surface area (Å²) in [6.07, 6.45) is 0. The molecular weight excluding hydrogens is 273 g/mol. The molecule has 112 valence electrons. The Hall–Kier alpha value is -1.03. The molecule has 1 rings (SSSR count). The van der Waals surface area contributed by atoms with E-state index < -0.39 is 0 Å². The second-order valence-electron chi connectivity index (χ2n) is 5.70. The van der Waals surface area contributed by atoms with E-state index in [4.69, 9.17) is 0 Å². The minimum absolute atomic E-state index is 0.0330. The summed E-state index contributed by atoms with van der Waals surface area (Å²) in [7, 11) is 0. The van der Waals surface area contributed by atoms with Gasteiger partial charge >= 0.3 is 0 Å². The highest BCUT2D eigenvalue weighted by molar-refractivity contribution is 8.00. The molecule has 0 aliphatic carbocycles. The topological polar surface area (TPSA) is 29.1 Å². The summed E-state index contributed by atoms with van der Waals surface area (Å²) >= 11 is 1.43. The number of hydrogen-bond donors (Lipinski definition) is 1. The molecule has 4 heteroatoms. The lowest BCUT2D eigenvalue weighted by molar-refractivity contribution is -0.118. The maximum absolute atomic E-state index is 12.8. The molecule has 1 aromatic rings. The van der Waals surface area contributed by atoms with Crippen molar-refractivity contribution in [1.29, 1.82) is 0 Å². The maximum Gasteiger partial charge on any atom is 0.230 e. The van der Waals surface area contributed by atoms with Crippen LogP contribution < -0.4 is 5.32 Å². The average molecular weight is 297 g/mol. The molecule has 0 spiro atoms. The Balaban J connectivity index is 2.35. The third-order valence-corrected chi connectivity index (χ3v) is 4.44. The van der Waals surface area contributed by atoms with Crippen molar-refractivity contribution in [3.05, 3.63) is 30.1 Å². The number of amides is 1. The molecule has 0 atom stereocenters. The van der Waals surface area contributed by atoms with Crippen molar-refractivity contribution in [3.8, 4) is 0 Å². The van der Waals surface area contributed by atoms with Crippen LogP contribution in [0.15, 0.2) is 29.2 Å². The summed E-state index contributed by atoms with van der Waals surface area (Å²) < 4.78 is 12.8. The molecule has 0 unspecified atom stereocenters. The van der Waals surface area contributed by atoms with E-state index >= 15 is 0 Å². The zero-order valence-corrected chi connectivity index (χ0v) is 13.5. The van der Waals surface area contributed by atoms with Gasteiger partial charge in [-0.3, -0.25) is 4.79 Å². The molecule has 2 nitrogen and oxygen atoms in total. The van der Waals surface area contributed by atoms with Crippen molar-refractivity contribution in [2.24, 2.45) is 17.8 Å². The molecule has 0 heterocycles. The lowest BCUT2D eigenvalue weighted by Crippen LogP contribution is -2.34. The molecule has 1 aromatic carbocycles. The van der Waals surface area contributed by atoms with Gasteiger partial charge in [0.05, 0.1) is 5.75 Å². The summed E-state index contributed by atoms with van der Waals surface area (Å²) in [5.41, 5.74) is 0. The number of nitrogens with one attached hydrogen (secondary N) is 1. The van der Waals surface area contributed by atoms with Gasteiger partial charge in [-0.1, -0.05) is 27.7 Å². The fourth-order valence-corrected chi connectivity index (χ4v) is 2.93. The third kappa shape index (κ3) is 5.95. The minimum Gasteiger partial charge on any atom is -0.355 e. The molecule has 1 N–H and O–H groups in total. The van der Waals surface area contributed by atoms with Crippen molar-refractivity contribution in [2.75, 3.05) is 12.3 Å². The first kappa shape index (κ1) is 17.0. The largest absolute Gasteiger partial charge is 0.355 e. The zero-order valence-electron chi connectivity index (χ0n) is 12.7. The first-order chi connectivity index (χ1) is 9.40. The maximum atomic E-state index is 12.8. The van der Waals surface area contributed by atoms with Crippen molar-refractivity contribution >= 4 is 17.7 Å². The monoisotopic (exact) mass is 297 g/mol. The van der Waals surface area contributed by atoms with Crippen LogP contribution in [-0.4, -0.2) is 18.2 Å². The Bertz CT molecular complexity index is 409. The molecular formula is C16H24FNOS. The molecule has 0 radical (unpaired) electrons. The Labute approximate surface area is 125 Å². The summed E-state index contributed by atoms with van der Waals surface area (Å²) in [6, 6.07) is 6.21. The molecule has 20 heavy (non-hydrogen) atoms. The van der Waals surface area contributed by atoms with Crippen LogP contribution >= 0.6 is 11.8 Å². The second-order valence-corrected chi connectivity index (χ2v) is 6.75. The van der Waals surface area contributed by atoms with Crippen molar-refractivity contribution in [3.63, 3.8) is 0 Å². The van der Waals surface area contributed by atoms with Crippen molar-refractivity contribution in [1.82, 2.24) is 5.32 Å². The first-order valence-corrected chi connectivity index (χ1v) is 8.03. The van der Waals surface area contributed by atoms with Crippen LogP contribution in [-0.2, 0) is 4.79 Å². The van der Waals surface area contributed by atoms with Crippen LogP contribution in [0.2, 0.25) is 0 Å². The summed E-state index contributed by atoms with van der Waals surface area (Å²) in [4.78, 5) is 12.7. The first-order valence-electron chi connectivity index (χ1n) is 7.05. The number of halogens is 1. The number of hydrogen-bond acceptors (Lipinski definition) is 2. The molecule has 0 bridgehead atoms. The predicted octanol–water partition coefficient (Wildman–Crippen LogP) is 3.96. The standard InChI is InChI=1S/C16H24FNOS/c1-11(2)15(12(3)4)9-18-16(19)10-20-14-7-5-13(17)6-8-14/h5-8,11-12,15H,9-10H2,1-4H3,(H,18,19). The third-order valence-electron chi connectivity index (χ3n) is 3.43. The Morgan fingerprint density at radius 3 is 2.20 bits per heavy atom. The summed E-state index contributed by atoms with van der Waals surface area (Å²) in [6.45, 7) is 9.46. The van der Waals surface area contributed by atoms with Gasteiger partial charge in [0.15, 0.2) is 0 Å². The summed E-state index contributed by atoms with van der Waals surface area (Å²) in [5.74, 6) is 1.75. The van der Waals surface area contributed by atoms with E-state index in [0.29, 0.717) is 23.5 Å². The van der Waals surface area contributed by atoms with Crippen molar-refractivity contribution in [2.45, 2.75) is 32.6 Å². The number of thioether (sulfide) groups is 1. The van der Waals surface area contributed by atoms with Gasteiger partial charge in [-0.25, -0.2) is 4.39 Å². The second kappa shape index (κ2) is 8.30. The van der Waals surface area contributed by atoms with E-state index in [1.807, 2.05) is 0 Å². The molecule has 0 aromatic heterocycles. The van der Waals surface area contributed by atoms with Crippen LogP contribution in [0, 0.1) is 23.6 Å². The lowest BCUT2D eigenvalue weighted by Gasteiger charge is -2.25. The Kier molecular flexibility index (Phi) is 7.06. The van der Waals surface area contributed by atoms with Crippen LogP contribution in [0.5, 0.6) is 0 Å². The zero-order chi connectivity index (χ0) is 15.1. The van der Waals surface area contributed by atoms with Crippen molar-refractivity contribution < 1.29 is 9.18 Å². The van der Waals surface area contributed by atoms with Crippen LogP contribution in [0.1, 0.15) is 27.7 Å². The number of carbonyl (C=O) groups excluding carboxylic acids is 1. The Morgan fingerprint density at radius 1 is 1.15 bits per heavy atom. The van der Waals surface area contributed by atoms with Crippen LogP contribution in [0.4, 0.5) is 4.39 Å². The number of carbonyl (C=O) groups is 1. The molecule has 0 saturated carbocycles. The Morgan fingerprint density at radius 2 is 1.70 bits per heavy atom. The fraction of sp³-hybridized carbons (Fsp3) is 0.562. The van der Waals surface area contributed by atoms with Gasteiger partial charge in [-0.15, -0.1) is 11.8 Å². The molecule has 1 amide bonds. The minimum atomic E-state index is -0.254. The van der Waals surface area contributed by atoms with Gasteiger partial charge in [-0.05, 0) is 42.0 Å². The van der Waals surface area contributed by atoms with Gasteiger partial charge in [0.1, 0.15) is 5.82 Å². The highest BCUT2D eigenvalue weighted by atomic mass is 32.2. The fourth-order valence-electron chi connectivity index (χ4n) is 2.20. The average Bonchev–Trinajstić information content (AvgIpc) is 2.37. The van der Waals surface area contributed by atoms with E-state index in [-0.39, 0.29) is 11.7 Å². The van der Waals surface area contributed by atoms with Gasteiger partial charge in [0.2, 0.25) is 5.91 Å². The van der Waals surface area contributed by atoms with E-state index in [0.717, 1.165) is 11.4 Å². The van der Waals surface area contributed by atoms with Gasteiger partial charge in [0, 0.05) is 11.4 Å². The lowest BCUT2D eigenvalue weighted by atomic mass is 9.85. The molecule has 0 fully saturated rings. The van der Waals surface area contributed by atoms with Crippen LogP contribution in [0.25, 0.3) is 0 Å². The smallest absolute Gasteiger partial charge is 0.230 e. The van der Waals surface area contributed by atoms with E-state index in [9.17, 15) is 9.18 Å². The highest BCUT2D eigenvalue weighted by Gasteiger charge is 2.18. The van der Waals surface area contributed by atoms with Gasteiger partial charge in [0.25, 0.3) is 0 Å². The number of benzene rings is 1. The normalized spacial score (nSPS) is 11.4. The summed E-state index contributed by atoms with van der Waals surface area (Å²) in [5, 5.41) is 2.99. The SMILES string of the molecule is CC(C)C(CNC(=O)CSc1ccc(F)cc1)C(C)C. The van der Waals surface area contributed by atoms with E-state index in [1.165, 1.54) is 23.9 Å². The highest BCUT2D eigenvalue weighted by Crippen LogP contribution is 2.20. The molecule has 0 aliphatic heterocycles. The molecule has 0 saturated heterocycles. The van der Waals surface area contributed by atoms with Gasteiger partial charge in [-0.2, -0.15) is 0 Å². The number of rotatable bonds is 7. The van der Waals surface area contributed by atoms with Gasteiger partial charge < -0.3 is 5.32 Å². The predicted molar refractivity (Wildman–Crippen MR) is 83.3 cm³/mol. The van der Waals surface area contributed by atoms with E-state index in [1.54, 1.807) is 12.1 Å². The van der Waals surface area contributed by atoms with Crippen LogP contribution in [0.3, 0.4) is 0 Å². The molecule has 0 aliphatic rings. The quantitative estimate of drug-likeness (QED) is 0.772. The van der Waals surface area contributed by atoms with E-state index in [2.05, 4.69) is 33.0 Å².